The Morgan fingerprint density at radius 2 is 2.05 bits per heavy atom. The highest BCUT2D eigenvalue weighted by atomic mass is 16.4. The molecule has 1 aromatic carbocycles. The molecule has 2 fully saturated rings. The summed E-state index contributed by atoms with van der Waals surface area (Å²) in [6, 6.07) is 7.20. The van der Waals surface area contributed by atoms with Crippen molar-refractivity contribution in [2.45, 2.75) is 31.8 Å². The fourth-order valence-electron chi connectivity index (χ4n) is 4.01. The number of amides is 1. The van der Waals surface area contributed by atoms with Crippen molar-refractivity contribution in [1.82, 2.24) is 5.32 Å². The summed E-state index contributed by atoms with van der Waals surface area (Å²) in [5.74, 6) is -0.619. The number of hydrogen-bond acceptors (Lipinski definition) is 3. The van der Waals surface area contributed by atoms with Crippen LogP contribution in [-0.4, -0.2) is 23.0 Å². The van der Waals surface area contributed by atoms with Crippen LogP contribution < -0.4 is 11.1 Å². The number of benzene rings is 1. The molecule has 2 saturated carbocycles. The molecule has 3 rings (SSSR count). The zero-order valence-corrected chi connectivity index (χ0v) is 11.8. The number of carboxylic acid groups (broad SMARTS) is 1. The molecule has 0 spiro atoms. The molecule has 5 nitrogen and oxygen atoms in total. The second kappa shape index (κ2) is 5.48. The predicted octanol–water partition coefficient (Wildman–Crippen LogP) is 1.37. The number of nitrogens with two attached hydrogens (primary N) is 1. The Morgan fingerprint density at radius 1 is 1.29 bits per heavy atom. The molecule has 4 unspecified atom stereocenters. The number of nitrogens with one attached hydrogen (secondary N) is 1. The lowest BCUT2D eigenvalue weighted by Crippen LogP contribution is -2.43. The number of rotatable bonds is 5. The fourth-order valence-corrected chi connectivity index (χ4v) is 4.01. The van der Waals surface area contributed by atoms with Crippen molar-refractivity contribution in [3.63, 3.8) is 0 Å². The minimum atomic E-state index is -0.689. The van der Waals surface area contributed by atoms with Gasteiger partial charge >= 0.3 is 5.97 Å². The topological polar surface area (TPSA) is 92.4 Å². The van der Waals surface area contributed by atoms with Crippen molar-refractivity contribution in [2.24, 2.45) is 23.5 Å². The van der Waals surface area contributed by atoms with E-state index in [0.29, 0.717) is 23.9 Å². The number of aliphatic carboxylic acids is 1. The molecule has 0 aromatic heterocycles. The Bertz CT molecular complexity index is 572. The van der Waals surface area contributed by atoms with E-state index in [1.807, 2.05) is 6.07 Å². The number of carbonyl (C=O) groups is 2. The summed E-state index contributed by atoms with van der Waals surface area (Å²) >= 11 is 0. The van der Waals surface area contributed by atoms with Gasteiger partial charge in [-0.05, 0) is 48.8 Å². The van der Waals surface area contributed by atoms with Gasteiger partial charge in [-0.25, -0.2) is 0 Å². The lowest BCUT2D eigenvalue weighted by atomic mass is 9.84. The summed E-state index contributed by atoms with van der Waals surface area (Å²) < 4.78 is 0. The third-order valence-corrected chi connectivity index (χ3v) is 4.95. The lowest BCUT2D eigenvalue weighted by molar-refractivity contribution is -0.144. The Hall–Kier alpha value is -1.88. The molecule has 4 N–H and O–H groups in total. The standard InChI is InChI=1S/C16H20N2O3/c17-15(19)12-3-1-2-9(6-12)8-18-14-11-5-4-10(7-11)13(14)16(20)21/h1-3,6,10-11,13-14,18H,4-5,7-8H2,(H2,17,19)(H,20,21). The highest BCUT2D eigenvalue weighted by Gasteiger charge is 2.50. The fraction of sp³-hybridized carbons (Fsp3) is 0.500. The smallest absolute Gasteiger partial charge is 0.308 e. The molecule has 2 bridgehead atoms. The van der Waals surface area contributed by atoms with E-state index in [0.717, 1.165) is 24.8 Å². The number of carboxylic acids is 1. The Kier molecular flexibility index (Phi) is 3.68. The van der Waals surface area contributed by atoms with Gasteiger partial charge in [-0.15, -0.1) is 0 Å². The summed E-state index contributed by atoms with van der Waals surface area (Å²) in [5, 5.41) is 12.8. The first-order valence-electron chi connectivity index (χ1n) is 7.41. The van der Waals surface area contributed by atoms with Crippen LogP contribution in [0.3, 0.4) is 0 Å². The highest BCUT2D eigenvalue weighted by molar-refractivity contribution is 5.92. The van der Waals surface area contributed by atoms with Crippen LogP contribution in [0.2, 0.25) is 0 Å². The molecule has 0 radical (unpaired) electrons. The van der Waals surface area contributed by atoms with E-state index < -0.39 is 11.9 Å². The third kappa shape index (κ3) is 2.65. The van der Waals surface area contributed by atoms with Crippen molar-refractivity contribution >= 4 is 11.9 Å². The summed E-state index contributed by atoms with van der Waals surface area (Å²) in [4.78, 5) is 22.6. The van der Waals surface area contributed by atoms with Crippen molar-refractivity contribution in [2.75, 3.05) is 0 Å². The molecule has 0 saturated heterocycles. The number of primary amides is 1. The molecular weight excluding hydrogens is 268 g/mol. The monoisotopic (exact) mass is 288 g/mol. The van der Waals surface area contributed by atoms with E-state index in [9.17, 15) is 14.7 Å². The van der Waals surface area contributed by atoms with Crippen LogP contribution in [0.25, 0.3) is 0 Å². The van der Waals surface area contributed by atoms with Crippen molar-refractivity contribution in [3.8, 4) is 0 Å². The Balaban J connectivity index is 1.68. The van der Waals surface area contributed by atoms with Gasteiger partial charge in [0.05, 0.1) is 5.92 Å². The molecule has 21 heavy (non-hydrogen) atoms. The van der Waals surface area contributed by atoms with E-state index in [1.54, 1.807) is 18.2 Å². The average molecular weight is 288 g/mol. The average Bonchev–Trinajstić information content (AvgIpc) is 3.05. The highest BCUT2D eigenvalue weighted by Crippen LogP contribution is 2.48. The van der Waals surface area contributed by atoms with Gasteiger partial charge in [-0.1, -0.05) is 12.1 Å². The second-order valence-electron chi connectivity index (χ2n) is 6.17. The van der Waals surface area contributed by atoms with Crippen LogP contribution in [0.1, 0.15) is 35.2 Å². The summed E-state index contributed by atoms with van der Waals surface area (Å²) in [5.41, 5.74) is 6.72. The van der Waals surface area contributed by atoms with Gasteiger partial charge in [0.2, 0.25) is 5.91 Å². The predicted molar refractivity (Wildman–Crippen MR) is 77.5 cm³/mol. The summed E-state index contributed by atoms with van der Waals surface area (Å²) in [7, 11) is 0. The minimum absolute atomic E-state index is 0.0403. The van der Waals surface area contributed by atoms with E-state index in [1.165, 1.54) is 0 Å². The first kappa shape index (κ1) is 14.1. The molecule has 112 valence electrons. The minimum Gasteiger partial charge on any atom is -0.481 e. The van der Waals surface area contributed by atoms with Crippen molar-refractivity contribution in [1.29, 1.82) is 0 Å². The van der Waals surface area contributed by atoms with Crippen LogP contribution >= 0.6 is 0 Å². The first-order chi connectivity index (χ1) is 10.1. The quantitative estimate of drug-likeness (QED) is 0.763. The Labute approximate surface area is 123 Å². The van der Waals surface area contributed by atoms with E-state index in [4.69, 9.17) is 5.73 Å². The van der Waals surface area contributed by atoms with E-state index in [-0.39, 0.29) is 12.0 Å². The number of carbonyl (C=O) groups excluding carboxylic acids is 1. The van der Waals surface area contributed by atoms with Gasteiger partial charge < -0.3 is 16.2 Å². The molecule has 2 aliphatic rings. The number of fused-ring (bicyclic) bond motifs is 2. The third-order valence-electron chi connectivity index (χ3n) is 4.95. The first-order valence-corrected chi connectivity index (χ1v) is 7.41. The number of hydrogen-bond donors (Lipinski definition) is 3. The van der Waals surface area contributed by atoms with Gasteiger partial charge in [0.25, 0.3) is 0 Å². The zero-order chi connectivity index (χ0) is 15.0. The second-order valence-corrected chi connectivity index (χ2v) is 6.17. The van der Waals surface area contributed by atoms with E-state index >= 15 is 0 Å². The molecule has 1 aromatic rings. The van der Waals surface area contributed by atoms with E-state index in [2.05, 4.69) is 5.32 Å². The van der Waals surface area contributed by atoms with Crippen LogP contribution in [0, 0.1) is 17.8 Å². The Morgan fingerprint density at radius 3 is 2.76 bits per heavy atom. The maximum atomic E-state index is 11.5. The van der Waals surface area contributed by atoms with Gasteiger partial charge in [-0.3, -0.25) is 9.59 Å². The van der Waals surface area contributed by atoms with Crippen LogP contribution in [0.15, 0.2) is 24.3 Å². The normalized spacial score (nSPS) is 30.5. The van der Waals surface area contributed by atoms with Gasteiger partial charge in [0, 0.05) is 18.2 Å². The van der Waals surface area contributed by atoms with Gasteiger partial charge in [0.1, 0.15) is 0 Å². The summed E-state index contributed by atoms with van der Waals surface area (Å²) in [6.45, 7) is 0.568. The van der Waals surface area contributed by atoms with Crippen molar-refractivity contribution < 1.29 is 14.7 Å². The molecular formula is C16H20N2O3. The molecule has 5 heteroatoms. The maximum absolute atomic E-state index is 11.5. The largest absolute Gasteiger partial charge is 0.481 e. The maximum Gasteiger partial charge on any atom is 0.308 e. The molecule has 0 aliphatic heterocycles. The summed E-state index contributed by atoms with van der Waals surface area (Å²) in [6.07, 6.45) is 3.18. The molecule has 1 amide bonds. The molecule has 4 atom stereocenters. The molecule has 2 aliphatic carbocycles. The van der Waals surface area contributed by atoms with Crippen molar-refractivity contribution in [3.05, 3.63) is 35.4 Å². The zero-order valence-electron chi connectivity index (χ0n) is 11.8. The van der Waals surface area contributed by atoms with Crippen LogP contribution in [0.4, 0.5) is 0 Å². The van der Waals surface area contributed by atoms with Crippen LogP contribution in [-0.2, 0) is 11.3 Å². The van der Waals surface area contributed by atoms with Gasteiger partial charge in [-0.2, -0.15) is 0 Å². The molecule has 0 heterocycles. The lowest BCUT2D eigenvalue weighted by Gasteiger charge is -2.29. The van der Waals surface area contributed by atoms with Gasteiger partial charge in [0.15, 0.2) is 0 Å². The SMILES string of the molecule is NC(=O)c1cccc(CNC2C3CCC(C3)C2C(=O)O)c1. The van der Waals surface area contributed by atoms with Crippen LogP contribution in [0.5, 0.6) is 0 Å².